The largest absolute Gasteiger partial charge is 0.465 e. The van der Waals surface area contributed by atoms with E-state index in [-0.39, 0.29) is 0 Å². The summed E-state index contributed by atoms with van der Waals surface area (Å²) in [6.07, 6.45) is 3.00. The normalized spacial score (nSPS) is 11.1. The molecule has 1 heterocycles. The van der Waals surface area contributed by atoms with E-state index in [2.05, 4.69) is 9.98 Å². The molecule has 7 nitrogen and oxygen atoms in total. The highest BCUT2D eigenvalue weighted by Gasteiger charge is 2.11. The molecule has 0 spiro atoms. The number of carbonyl (C=O) groups excluding carboxylic acids is 2. The summed E-state index contributed by atoms with van der Waals surface area (Å²) in [6.45, 7) is 0. The van der Waals surface area contributed by atoms with Gasteiger partial charge in [0.15, 0.2) is 0 Å². The molecule has 0 fully saturated rings. The van der Waals surface area contributed by atoms with Crippen LogP contribution in [0.4, 0.5) is 11.4 Å². The second kappa shape index (κ2) is 9.27. The topological polar surface area (TPSA) is 90.5 Å². The van der Waals surface area contributed by atoms with Crippen molar-refractivity contribution in [3.63, 3.8) is 0 Å². The fraction of sp³-hybridized carbons (Fsp3) is 0.0909. The van der Waals surface area contributed by atoms with E-state index in [4.69, 9.17) is 13.9 Å². The zero-order valence-electron chi connectivity index (χ0n) is 15.9. The molecule has 0 bridgehead atoms. The number of methoxy groups -OCH3 is 2. The van der Waals surface area contributed by atoms with Crippen molar-refractivity contribution in [3.05, 3.63) is 83.3 Å². The monoisotopic (exact) mass is 390 g/mol. The number of para-hydroxylation sites is 2. The average Bonchev–Trinajstić information content (AvgIpc) is 3.23. The van der Waals surface area contributed by atoms with E-state index >= 15 is 0 Å². The van der Waals surface area contributed by atoms with Crippen molar-refractivity contribution in [2.24, 2.45) is 9.98 Å². The first-order valence-electron chi connectivity index (χ1n) is 8.65. The fourth-order valence-electron chi connectivity index (χ4n) is 2.51. The van der Waals surface area contributed by atoms with Gasteiger partial charge >= 0.3 is 11.9 Å². The summed E-state index contributed by atoms with van der Waals surface area (Å²) in [5, 5.41) is 0. The van der Waals surface area contributed by atoms with Crippen molar-refractivity contribution in [3.8, 4) is 0 Å². The number of aliphatic imine (C=N–C) groups is 2. The van der Waals surface area contributed by atoms with Crippen LogP contribution < -0.4 is 0 Å². The number of furan rings is 1. The number of esters is 2. The van der Waals surface area contributed by atoms with Crippen LogP contribution in [0.5, 0.6) is 0 Å². The van der Waals surface area contributed by atoms with Crippen LogP contribution in [0.3, 0.4) is 0 Å². The Morgan fingerprint density at radius 3 is 1.55 bits per heavy atom. The number of carbonyl (C=O) groups is 2. The summed E-state index contributed by atoms with van der Waals surface area (Å²) in [5.74, 6) is 0.0309. The number of rotatable bonds is 6. The van der Waals surface area contributed by atoms with E-state index < -0.39 is 11.9 Å². The Labute approximate surface area is 167 Å². The Balaban J connectivity index is 1.78. The lowest BCUT2D eigenvalue weighted by atomic mass is 10.2. The number of nitrogens with zero attached hydrogens (tertiary/aromatic N) is 2. The van der Waals surface area contributed by atoms with Crippen LogP contribution >= 0.6 is 0 Å². The van der Waals surface area contributed by atoms with Gasteiger partial charge in [-0.05, 0) is 36.4 Å². The lowest BCUT2D eigenvalue weighted by molar-refractivity contribution is 0.0592. The van der Waals surface area contributed by atoms with Crippen LogP contribution in [0.1, 0.15) is 32.2 Å². The van der Waals surface area contributed by atoms with Crippen molar-refractivity contribution in [2.75, 3.05) is 14.2 Å². The fourth-order valence-corrected chi connectivity index (χ4v) is 2.51. The maximum Gasteiger partial charge on any atom is 0.340 e. The van der Waals surface area contributed by atoms with Gasteiger partial charge in [-0.2, -0.15) is 0 Å². The number of hydrogen-bond acceptors (Lipinski definition) is 7. The third kappa shape index (κ3) is 4.84. The minimum atomic E-state index is -0.464. The molecule has 0 saturated heterocycles. The Bertz CT molecular complexity index is 998. The van der Waals surface area contributed by atoms with E-state index in [0.717, 1.165) is 0 Å². The predicted octanol–water partition coefficient (Wildman–Crippen LogP) is 4.35. The van der Waals surface area contributed by atoms with Crippen LogP contribution in [0.2, 0.25) is 0 Å². The third-order valence-corrected chi connectivity index (χ3v) is 3.93. The number of ether oxygens (including phenoxy) is 2. The lowest BCUT2D eigenvalue weighted by Crippen LogP contribution is -2.01. The molecule has 0 aliphatic carbocycles. The number of hydrogen-bond donors (Lipinski definition) is 0. The molecule has 3 rings (SSSR count). The van der Waals surface area contributed by atoms with Crippen LogP contribution in [0.25, 0.3) is 0 Å². The molecule has 0 saturated carbocycles. The molecule has 0 aliphatic heterocycles. The Morgan fingerprint density at radius 1 is 0.724 bits per heavy atom. The van der Waals surface area contributed by atoms with E-state index in [1.807, 2.05) is 0 Å². The van der Waals surface area contributed by atoms with Gasteiger partial charge in [0, 0.05) is 0 Å². The molecule has 0 radical (unpaired) electrons. The van der Waals surface area contributed by atoms with Crippen molar-refractivity contribution >= 4 is 35.7 Å². The molecule has 3 aromatic rings. The molecule has 0 N–H and O–H groups in total. The first kappa shape index (κ1) is 19.8. The highest BCUT2D eigenvalue weighted by Crippen LogP contribution is 2.21. The third-order valence-electron chi connectivity index (χ3n) is 3.93. The average molecular weight is 390 g/mol. The molecule has 0 aliphatic rings. The smallest absolute Gasteiger partial charge is 0.340 e. The molecule has 0 atom stereocenters. The molecule has 0 amide bonds. The van der Waals surface area contributed by atoms with Gasteiger partial charge in [0.2, 0.25) is 0 Å². The molecule has 7 heteroatoms. The van der Waals surface area contributed by atoms with Crippen molar-refractivity contribution in [1.82, 2.24) is 0 Å². The summed E-state index contributed by atoms with van der Waals surface area (Å²) in [6, 6.07) is 17.1. The van der Waals surface area contributed by atoms with Gasteiger partial charge in [-0.15, -0.1) is 0 Å². The van der Waals surface area contributed by atoms with Gasteiger partial charge in [0.25, 0.3) is 0 Å². The maximum atomic E-state index is 11.8. The molecular formula is C22H18N2O5. The zero-order valence-corrected chi connectivity index (χ0v) is 15.9. The molecular weight excluding hydrogens is 372 g/mol. The molecule has 29 heavy (non-hydrogen) atoms. The van der Waals surface area contributed by atoms with Crippen LogP contribution in [-0.4, -0.2) is 38.6 Å². The van der Waals surface area contributed by atoms with Gasteiger partial charge in [0.05, 0.1) is 49.2 Å². The van der Waals surface area contributed by atoms with Crippen LogP contribution in [-0.2, 0) is 9.47 Å². The zero-order chi connectivity index (χ0) is 20.6. The second-order valence-corrected chi connectivity index (χ2v) is 5.77. The first-order valence-corrected chi connectivity index (χ1v) is 8.65. The van der Waals surface area contributed by atoms with Crippen molar-refractivity contribution < 1.29 is 23.5 Å². The SMILES string of the molecule is COC(=O)c1ccccc1N=Cc1ccc(C=Nc2ccccc2C(=O)OC)o1. The highest BCUT2D eigenvalue weighted by molar-refractivity contribution is 5.97. The summed E-state index contributed by atoms with van der Waals surface area (Å²) < 4.78 is 15.2. The second-order valence-electron chi connectivity index (χ2n) is 5.77. The van der Waals surface area contributed by atoms with E-state index in [9.17, 15) is 9.59 Å². The van der Waals surface area contributed by atoms with E-state index in [1.54, 1.807) is 60.7 Å². The van der Waals surface area contributed by atoms with Crippen molar-refractivity contribution in [2.45, 2.75) is 0 Å². The van der Waals surface area contributed by atoms with Crippen LogP contribution in [0, 0.1) is 0 Å². The quantitative estimate of drug-likeness (QED) is 0.461. The minimum Gasteiger partial charge on any atom is -0.465 e. The summed E-state index contributed by atoms with van der Waals surface area (Å²) in [5.41, 5.74) is 1.66. The maximum absolute atomic E-state index is 11.8. The Morgan fingerprint density at radius 2 is 1.14 bits per heavy atom. The summed E-state index contributed by atoms with van der Waals surface area (Å²) in [4.78, 5) is 32.2. The van der Waals surface area contributed by atoms with E-state index in [0.29, 0.717) is 34.0 Å². The molecule has 146 valence electrons. The van der Waals surface area contributed by atoms with Gasteiger partial charge in [-0.3, -0.25) is 9.98 Å². The highest BCUT2D eigenvalue weighted by atomic mass is 16.5. The molecule has 0 unspecified atom stereocenters. The standard InChI is InChI=1S/C22H18N2O5/c1-27-21(25)17-7-3-5-9-19(17)23-13-15-11-12-16(29-15)14-24-20-10-6-4-8-18(20)22(26)28-2/h3-14H,1-2H3. The van der Waals surface area contributed by atoms with Crippen molar-refractivity contribution in [1.29, 1.82) is 0 Å². The number of benzene rings is 2. The lowest BCUT2D eigenvalue weighted by Gasteiger charge is -2.02. The Hall–Kier alpha value is -4.00. The molecule has 2 aromatic carbocycles. The predicted molar refractivity (Wildman–Crippen MR) is 109 cm³/mol. The van der Waals surface area contributed by atoms with Gasteiger partial charge in [-0.25, -0.2) is 9.59 Å². The summed E-state index contributed by atoms with van der Waals surface area (Å²) in [7, 11) is 2.64. The van der Waals surface area contributed by atoms with Gasteiger partial charge in [0.1, 0.15) is 11.5 Å². The van der Waals surface area contributed by atoms with Crippen LogP contribution in [0.15, 0.2) is 75.1 Å². The Kier molecular flexibility index (Phi) is 6.32. The minimum absolute atomic E-state index is 0.360. The first-order chi connectivity index (χ1) is 14.1. The summed E-state index contributed by atoms with van der Waals surface area (Å²) >= 11 is 0. The van der Waals surface area contributed by atoms with E-state index in [1.165, 1.54) is 26.6 Å². The van der Waals surface area contributed by atoms with Gasteiger partial charge in [-0.1, -0.05) is 24.3 Å². The molecule has 1 aromatic heterocycles. The van der Waals surface area contributed by atoms with Gasteiger partial charge < -0.3 is 13.9 Å².